The van der Waals surface area contributed by atoms with Gasteiger partial charge in [-0.05, 0) is 55.2 Å². The van der Waals surface area contributed by atoms with Crippen molar-refractivity contribution in [3.63, 3.8) is 0 Å². The lowest BCUT2D eigenvalue weighted by Gasteiger charge is -2.37. The van der Waals surface area contributed by atoms with E-state index in [0.717, 1.165) is 12.8 Å². The van der Waals surface area contributed by atoms with Gasteiger partial charge >= 0.3 is 0 Å². The minimum absolute atomic E-state index is 0.104. The van der Waals surface area contributed by atoms with Crippen LogP contribution < -0.4 is 15.1 Å². The zero-order valence-corrected chi connectivity index (χ0v) is 21.2. The molecule has 0 spiro atoms. The SMILES string of the molecule is C[C@]12CCC(C(Br)C1=O)[C@]2(C)CNc1cccc(S(=O)(=O)Nc2ccc(Cl)cc2)c1C(=O)[O-]. The van der Waals surface area contributed by atoms with Gasteiger partial charge in [0.05, 0.1) is 15.7 Å². The van der Waals surface area contributed by atoms with Gasteiger partial charge in [-0.2, -0.15) is 0 Å². The van der Waals surface area contributed by atoms with E-state index in [0.29, 0.717) is 11.6 Å². The van der Waals surface area contributed by atoms with Crippen LogP contribution in [0.5, 0.6) is 0 Å². The topological polar surface area (TPSA) is 115 Å². The van der Waals surface area contributed by atoms with E-state index in [-0.39, 0.29) is 27.9 Å². The Hall–Kier alpha value is -2.10. The van der Waals surface area contributed by atoms with Crippen LogP contribution in [0, 0.1) is 16.7 Å². The number of halogens is 2. The Bertz CT molecular complexity index is 1240. The van der Waals surface area contributed by atoms with Crippen LogP contribution in [0.4, 0.5) is 11.4 Å². The van der Waals surface area contributed by atoms with Gasteiger partial charge in [0.25, 0.3) is 10.0 Å². The first kappa shape index (κ1) is 24.0. The van der Waals surface area contributed by atoms with Crippen LogP contribution >= 0.6 is 27.5 Å². The summed E-state index contributed by atoms with van der Waals surface area (Å²) < 4.78 is 28.4. The lowest BCUT2D eigenvalue weighted by atomic mass is 9.69. The number of rotatable bonds is 7. The number of fused-ring (bicyclic) bond motifs is 2. The maximum atomic E-state index is 13.0. The summed E-state index contributed by atoms with van der Waals surface area (Å²) in [5.74, 6) is -1.35. The molecule has 2 aliphatic carbocycles. The first-order valence-electron chi connectivity index (χ1n) is 10.5. The number of carbonyl (C=O) groups is 2. The van der Waals surface area contributed by atoms with Crippen LogP contribution in [-0.2, 0) is 14.8 Å². The number of carboxylic acid groups (broad SMARTS) is 1. The number of anilines is 2. The zero-order chi connectivity index (χ0) is 24.2. The van der Waals surface area contributed by atoms with E-state index in [1.54, 1.807) is 0 Å². The van der Waals surface area contributed by atoms with Crippen LogP contribution in [0.3, 0.4) is 0 Å². The smallest absolute Gasteiger partial charge is 0.262 e. The summed E-state index contributed by atoms with van der Waals surface area (Å²) in [6.45, 7) is 4.30. The van der Waals surface area contributed by atoms with Gasteiger partial charge in [0.15, 0.2) is 5.78 Å². The third kappa shape index (κ3) is 3.84. The van der Waals surface area contributed by atoms with Crippen molar-refractivity contribution >= 4 is 60.7 Å². The van der Waals surface area contributed by atoms with Crippen molar-refractivity contribution in [1.29, 1.82) is 0 Å². The molecular formula is C23H23BrClN2O5S-. The fourth-order valence-electron chi connectivity index (χ4n) is 5.26. The Balaban J connectivity index is 1.66. The summed E-state index contributed by atoms with van der Waals surface area (Å²) in [4.78, 5) is 24.2. The van der Waals surface area contributed by atoms with E-state index in [4.69, 9.17) is 11.6 Å². The van der Waals surface area contributed by atoms with Crippen LogP contribution in [0.25, 0.3) is 0 Å². The van der Waals surface area contributed by atoms with Crippen LogP contribution in [-0.4, -0.2) is 31.5 Å². The predicted molar refractivity (Wildman–Crippen MR) is 128 cm³/mol. The van der Waals surface area contributed by atoms with Gasteiger partial charge in [0.1, 0.15) is 0 Å². The van der Waals surface area contributed by atoms with Gasteiger partial charge in [0.2, 0.25) is 0 Å². The van der Waals surface area contributed by atoms with Crippen molar-refractivity contribution in [2.45, 2.75) is 36.4 Å². The molecule has 10 heteroatoms. The molecule has 0 amide bonds. The molecule has 2 bridgehead atoms. The lowest BCUT2D eigenvalue weighted by Crippen LogP contribution is -2.40. The maximum absolute atomic E-state index is 13.0. The molecule has 4 rings (SSSR count). The Morgan fingerprint density at radius 1 is 1.21 bits per heavy atom. The van der Waals surface area contributed by atoms with Crippen molar-refractivity contribution < 1.29 is 23.1 Å². The van der Waals surface area contributed by atoms with Crippen molar-refractivity contribution in [2.75, 3.05) is 16.6 Å². The molecule has 176 valence electrons. The first-order chi connectivity index (χ1) is 15.4. The summed E-state index contributed by atoms with van der Waals surface area (Å²) in [5.41, 5.74) is -1.05. The van der Waals surface area contributed by atoms with Gasteiger partial charge in [-0.3, -0.25) is 9.52 Å². The number of aromatic carboxylic acids is 1. The quantitative estimate of drug-likeness (QED) is 0.505. The number of sulfonamides is 1. The molecule has 7 nitrogen and oxygen atoms in total. The average Bonchev–Trinajstić information content (AvgIpc) is 3.10. The summed E-state index contributed by atoms with van der Waals surface area (Å²) in [7, 11) is -4.23. The minimum Gasteiger partial charge on any atom is -0.545 e. The molecule has 33 heavy (non-hydrogen) atoms. The number of hydrogen-bond acceptors (Lipinski definition) is 6. The van der Waals surface area contributed by atoms with Crippen LogP contribution in [0.15, 0.2) is 47.4 Å². The molecule has 0 aromatic heterocycles. The third-order valence-electron chi connectivity index (χ3n) is 7.44. The highest BCUT2D eigenvalue weighted by Gasteiger charge is 2.67. The van der Waals surface area contributed by atoms with Crippen molar-refractivity contribution in [1.82, 2.24) is 0 Å². The number of Topliss-reactive ketones (excluding diaryl/α,β-unsaturated/α-hetero) is 1. The highest BCUT2D eigenvalue weighted by atomic mass is 79.9. The Morgan fingerprint density at radius 3 is 2.45 bits per heavy atom. The van der Waals surface area contributed by atoms with E-state index < -0.39 is 37.3 Å². The second kappa shape index (κ2) is 8.29. The van der Waals surface area contributed by atoms with Gasteiger partial charge in [-0.15, -0.1) is 0 Å². The van der Waals surface area contributed by atoms with Gasteiger partial charge in [-0.1, -0.05) is 47.4 Å². The lowest BCUT2D eigenvalue weighted by molar-refractivity contribution is -0.255. The summed E-state index contributed by atoms with van der Waals surface area (Å²) in [5, 5.41) is 15.6. The molecule has 2 unspecified atom stereocenters. The number of alkyl halides is 1. The fraction of sp³-hybridized carbons (Fsp3) is 0.391. The minimum atomic E-state index is -4.23. The van der Waals surface area contributed by atoms with Crippen molar-refractivity contribution in [2.24, 2.45) is 16.7 Å². The molecule has 2 fully saturated rings. The monoisotopic (exact) mass is 553 g/mol. The van der Waals surface area contributed by atoms with Gasteiger partial charge < -0.3 is 15.2 Å². The van der Waals surface area contributed by atoms with Crippen molar-refractivity contribution in [3.05, 3.63) is 53.1 Å². The van der Waals surface area contributed by atoms with E-state index in [1.165, 1.54) is 42.5 Å². The van der Waals surface area contributed by atoms with E-state index in [1.807, 2.05) is 13.8 Å². The first-order valence-corrected chi connectivity index (χ1v) is 13.2. The summed E-state index contributed by atoms with van der Waals surface area (Å²) in [6.07, 6.45) is 1.66. The number of benzene rings is 2. The van der Waals surface area contributed by atoms with E-state index in [2.05, 4.69) is 26.0 Å². The summed E-state index contributed by atoms with van der Waals surface area (Å²) >= 11 is 9.38. The summed E-state index contributed by atoms with van der Waals surface area (Å²) in [6, 6.07) is 10.2. The Morgan fingerprint density at radius 2 is 1.88 bits per heavy atom. The average molecular weight is 555 g/mol. The highest BCUT2D eigenvalue weighted by molar-refractivity contribution is 9.10. The standard InChI is InChI=1S/C23H24BrClN2O5S/c1-22-11-10-15(19(24)20(22)28)23(22,2)12-26-16-4-3-5-17(18(16)21(29)30)33(31,32)27-14-8-6-13(25)7-9-14/h3-9,15,19,26-27H,10-12H2,1-2H3,(H,29,30)/p-1/t15?,19?,22-,23-/m0/s1. The number of nitrogens with one attached hydrogen (secondary N) is 2. The molecule has 2 aliphatic rings. The van der Waals surface area contributed by atoms with Crippen LogP contribution in [0.2, 0.25) is 5.02 Å². The van der Waals surface area contributed by atoms with E-state index in [9.17, 15) is 23.1 Å². The third-order valence-corrected chi connectivity index (χ3v) is 10.2. The number of carboxylic acids is 1. The molecule has 0 saturated heterocycles. The van der Waals surface area contributed by atoms with E-state index >= 15 is 0 Å². The molecule has 2 N–H and O–H groups in total. The van der Waals surface area contributed by atoms with Crippen LogP contribution in [0.1, 0.15) is 37.0 Å². The molecule has 2 aromatic carbocycles. The maximum Gasteiger partial charge on any atom is 0.262 e. The molecule has 0 heterocycles. The van der Waals surface area contributed by atoms with Crippen molar-refractivity contribution in [3.8, 4) is 0 Å². The second-order valence-electron chi connectivity index (χ2n) is 9.09. The highest BCUT2D eigenvalue weighted by Crippen LogP contribution is 2.65. The molecule has 0 aliphatic heterocycles. The number of ketones is 1. The molecule has 2 saturated carbocycles. The predicted octanol–water partition coefficient (Wildman–Crippen LogP) is 3.69. The molecule has 0 radical (unpaired) electrons. The van der Waals surface area contributed by atoms with Gasteiger partial charge in [0, 0.05) is 39.3 Å². The fourth-order valence-corrected chi connectivity index (χ4v) is 8.02. The Kier molecular flexibility index (Phi) is 6.04. The number of carbonyl (C=O) groups excluding carboxylic acids is 2. The molecular weight excluding hydrogens is 532 g/mol. The normalized spacial score (nSPS) is 28.7. The zero-order valence-electron chi connectivity index (χ0n) is 18.0. The second-order valence-corrected chi connectivity index (χ2v) is 12.2. The largest absolute Gasteiger partial charge is 0.545 e. The Labute approximate surface area is 206 Å². The van der Waals surface area contributed by atoms with Gasteiger partial charge in [-0.25, -0.2) is 8.42 Å². The molecule has 4 atom stereocenters. The number of hydrogen-bond donors (Lipinski definition) is 2. The molecule has 2 aromatic rings.